The number of nitrogens with one attached hydrogen (secondary N) is 1. The smallest absolute Gasteiger partial charge is 0.337 e. The molecule has 1 aromatic carbocycles. The van der Waals surface area contributed by atoms with Crippen molar-refractivity contribution in [1.82, 2.24) is 4.90 Å². The van der Waals surface area contributed by atoms with Crippen molar-refractivity contribution < 1.29 is 19.5 Å². The highest BCUT2D eigenvalue weighted by Gasteiger charge is 2.34. The summed E-state index contributed by atoms with van der Waals surface area (Å²) in [7, 11) is 0. The molecule has 2 amide bonds. The highest BCUT2D eigenvalue weighted by atomic mass is 35.5. The Labute approximate surface area is 126 Å². The van der Waals surface area contributed by atoms with E-state index in [2.05, 4.69) is 5.32 Å². The summed E-state index contributed by atoms with van der Waals surface area (Å²) >= 11 is 5.95. The fourth-order valence-corrected chi connectivity index (χ4v) is 2.53. The lowest BCUT2D eigenvalue weighted by molar-refractivity contribution is -0.128. The zero-order chi connectivity index (χ0) is 15.6. The number of carbonyl (C=O) groups excluding carboxylic acids is 2. The van der Waals surface area contributed by atoms with Gasteiger partial charge in [0.1, 0.15) is 0 Å². The molecule has 0 aliphatic carbocycles. The number of para-hydroxylation sites is 1. The Hall–Kier alpha value is -2.08. The first-order chi connectivity index (χ1) is 9.93. The summed E-state index contributed by atoms with van der Waals surface area (Å²) < 4.78 is 0. The van der Waals surface area contributed by atoms with Gasteiger partial charge in [-0.2, -0.15) is 0 Å². The number of anilines is 1. The van der Waals surface area contributed by atoms with Crippen LogP contribution in [-0.4, -0.2) is 40.9 Å². The van der Waals surface area contributed by atoms with Crippen molar-refractivity contribution in [2.75, 3.05) is 18.4 Å². The number of hydrogen-bond donors (Lipinski definition) is 2. The minimum atomic E-state index is -1.18. The van der Waals surface area contributed by atoms with E-state index in [1.165, 1.54) is 18.2 Å². The molecular weight excluding hydrogens is 296 g/mol. The average Bonchev–Trinajstić information content (AvgIpc) is 2.82. The van der Waals surface area contributed by atoms with E-state index in [1.807, 2.05) is 6.92 Å². The van der Waals surface area contributed by atoms with E-state index >= 15 is 0 Å². The Morgan fingerprint density at radius 2 is 2.19 bits per heavy atom. The number of nitrogens with zero attached hydrogens (tertiary/aromatic N) is 1. The lowest BCUT2D eigenvalue weighted by Crippen LogP contribution is -2.28. The van der Waals surface area contributed by atoms with Crippen LogP contribution in [0.15, 0.2) is 18.2 Å². The van der Waals surface area contributed by atoms with Crippen LogP contribution >= 0.6 is 11.6 Å². The van der Waals surface area contributed by atoms with Gasteiger partial charge in [0.25, 0.3) is 0 Å². The van der Waals surface area contributed by atoms with Gasteiger partial charge >= 0.3 is 5.97 Å². The van der Waals surface area contributed by atoms with Crippen molar-refractivity contribution in [1.29, 1.82) is 0 Å². The maximum atomic E-state index is 12.2. The van der Waals surface area contributed by atoms with E-state index in [0.717, 1.165) is 0 Å². The minimum Gasteiger partial charge on any atom is -0.478 e. The minimum absolute atomic E-state index is 0.0686. The molecule has 1 fully saturated rings. The van der Waals surface area contributed by atoms with Crippen LogP contribution in [0.25, 0.3) is 0 Å². The molecule has 0 aromatic heterocycles. The molecule has 0 radical (unpaired) electrons. The second-order valence-corrected chi connectivity index (χ2v) is 5.20. The molecule has 1 unspecified atom stereocenters. The Morgan fingerprint density at radius 1 is 1.48 bits per heavy atom. The van der Waals surface area contributed by atoms with Crippen molar-refractivity contribution in [2.45, 2.75) is 13.3 Å². The predicted octanol–water partition coefficient (Wildman–Crippen LogP) is 1.85. The third kappa shape index (κ3) is 3.16. The van der Waals surface area contributed by atoms with E-state index in [9.17, 15) is 14.4 Å². The average molecular weight is 311 g/mol. The van der Waals surface area contributed by atoms with E-state index in [1.54, 1.807) is 4.90 Å². The molecule has 1 saturated heterocycles. The number of amides is 2. The van der Waals surface area contributed by atoms with Crippen LogP contribution in [0.3, 0.4) is 0 Å². The highest BCUT2D eigenvalue weighted by molar-refractivity contribution is 6.34. The Bertz CT molecular complexity index is 603. The number of likely N-dealkylation sites (tertiary alicyclic amines) is 1. The predicted molar refractivity (Wildman–Crippen MR) is 77.4 cm³/mol. The molecule has 1 heterocycles. The first kappa shape index (κ1) is 15.3. The van der Waals surface area contributed by atoms with Crippen molar-refractivity contribution in [3.63, 3.8) is 0 Å². The van der Waals surface area contributed by atoms with E-state index in [0.29, 0.717) is 13.1 Å². The third-order valence-electron chi connectivity index (χ3n) is 3.46. The van der Waals surface area contributed by atoms with Crippen LogP contribution in [0.2, 0.25) is 5.02 Å². The van der Waals surface area contributed by atoms with Crippen LogP contribution in [0.5, 0.6) is 0 Å². The molecule has 2 N–H and O–H groups in total. The van der Waals surface area contributed by atoms with E-state index in [4.69, 9.17) is 16.7 Å². The van der Waals surface area contributed by atoms with Gasteiger partial charge in [-0.05, 0) is 19.1 Å². The summed E-state index contributed by atoms with van der Waals surface area (Å²) in [5, 5.41) is 11.8. The molecule has 7 heteroatoms. The van der Waals surface area contributed by atoms with Gasteiger partial charge in [0, 0.05) is 19.5 Å². The second kappa shape index (κ2) is 6.13. The molecule has 1 aliphatic rings. The number of rotatable bonds is 4. The van der Waals surface area contributed by atoms with Crippen LogP contribution in [-0.2, 0) is 9.59 Å². The fraction of sp³-hybridized carbons (Fsp3) is 0.357. The van der Waals surface area contributed by atoms with Crippen molar-refractivity contribution >= 4 is 35.1 Å². The van der Waals surface area contributed by atoms with Gasteiger partial charge in [0.05, 0.1) is 22.2 Å². The van der Waals surface area contributed by atoms with Crippen molar-refractivity contribution in [2.24, 2.45) is 5.92 Å². The summed E-state index contributed by atoms with van der Waals surface area (Å²) in [6, 6.07) is 4.36. The molecule has 0 saturated carbocycles. The maximum Gasteiger partial charge on any atom is 0.337 e. The Balaban J connectivity index is 2.18. The summed E-state index contributed by atoms with van der Waals surface area (Å²) in [5.74, 6) is -2.13. The van der Waals surface area contributed by atoms with Gasteiger partial charge in [0.15, 0.2) is 0 Å². The second-order valence-electron chi connectivity index (χ2n) is 4.79. The lowest BCUT2D eigenvalue weighted by Gasteiger charge is -2.15. The van der Waals surface area contributed by atoms with Crippen LogP contribution in [0.4, 0.5) is 5.69 Å². The first-order valence-electron chi connectivity index (χ1n) is 6.54. The molecule has 112 valence electrons. The number of benzene rings is 1. The third-order valence-corrected chi connectivity index (χ3v) is 3.77. The number of aromatic carboxylic acids is 1. The number of carboxylic acid groups (broad SMARTS) is 1. The van der Waals surface area contributed by atoms with E-state index < -0.39 is 17.8 Å². The van der Waals surface area contributed by atoms with Gasteiger partial charge in [-0.1, -0.05) is 17.7 Å². The summed E-state index contributed by atoms with van der Waals surface area (Å²) in [4.78, 5) is 36.6. The molecule has 0 spiro atoms. The van der Waals surface area contributed by atoms with Gasteiger partial charge in [-0.15, -0.1) is 0 Å². The molecule has 2 rings (SSSR count). The van der Waals surface area contributed by atoms with Crippen LogP contribution < -0.4 is 5.32 Å². The number of hydrogen-bond acceptors (Lipinski definition) is 3. The topological polar surface area (TPSA) is 86.7 Å². The Morgan fingerprint density at radius 3 is 2.76 bits per heavy atom. The maximum absolute atomic E-state index is 12.2. The Kier molecular flexibility index (Phi) is 4.47. The van der Waals surface area contributed by atoms with Crippen molar-refractivity contribution in [3.8, 4) is 0 Å². The SMILES string of the molecule is CCN1CC(C(=O)Nc2c(Cl)cccc2C(=O)O)CC1=O. The van der Waals surface area contributed by atoms with Crippen LogP contribution in [0.1, 0.15) is 23.7 Å². The van der Waals surface area contributed by atoms with Gasteiger partial charge < -0.3 is 15.3 Å². The van der Waals surface area contributed by atoms with E-state index in [-0.39, 0.29) is 28.6 Å². The number of carboxylic acids is 1. The van der Waals surface area contributed by atoms with Gasteiger partial charge in [-0.25, -0.2) is 4.79 Å². The summed E-state index contributed by atoms with van der Waals surface area (Å²) in [5.41, 5.74) is -0.00779. The summed E-state index contributed by atoms with van der Waals surface area (Å²) in [6.45, 7) is 2.73. The van der Waals surface area contributed by atoms with Gasteiger partial charge in [-0.3, -0.25) is 9.59 Å². The van der Waals surface area contributed by atoms with Crippen LogP contribution in [0, 0.1) is 5.92 Å². The molecule has 0 bridgehead atoms. The summed E-state index contributed by atoms with van der Waals surface area (Å²) in [6.07, 6.45) is 0.131. The zero-order valence-corrected chi connectivity index (χ0v) is 12.2. The quantitative estimate of drug-likeness (QED) is 0.888. The molecule has 6 nitrogen and oxygen atoms in total. The molecule has 1 aliphatic heterocycles. The normalized spacial score (nSPS) is 17.9. The fourth-order valence-electron chi connectivity index (χ4n) is 2.31. The zero-order valence-electron chi connectivity index (χ0n) is 11.4. The first-order valence-corrected chi connectivity index (χ1v) is 6.92. The number of halogens is 1. The monoisotopic (exact) mass is 310 g/mol. The standard InChI is InChI=1S/C14H15ClN2O4/c1-2-17-7-8(6-11(17)18)13(19)16-12-9(14(20)21)4-3-5-10(12)15/h3-5,8H,2,6-7H2,1H3,(H,16,19)(H,20,21). The van der Waals surface area contributed by atoms with Crippen molar-refractivity contribution in [3.05, 3.63) is 28.8 Å². The molecule has 1 atom stereocenters. The molecular formula is C14H15ClN2O4. The largest absolute Gasteiger partial charge is 0.478 e. The molecule has 1 aromatic rings. The molecule has 21 heavy (non-hydrogen) atoms. The number of carbonyl (C=O) groups is 3. The lowest BCUT2D eigenvalue weighted by atomic mass is 10.1. The van der Waals surface area contributed by atoms with Gasteiger partial charge in [0.2, 0.25) is 11.8 Å². The highest BCUT2D eigenvalue weighted by Crippen LogP contribution is 2.28.